The van der Waals surface area contributed by atoms with Gasteiger partial charge in [-0.3, -0.25) is 0 Å². The van der Waals surface area contributed by atoms with Crippen molar-refractivity contribution in [2.75, 3.05) is 19.8 Å². The number of hydrogen-bond donors (Lipinski definition) is 1. The maximum absolute atomic E-state index is 12.5. The fraction of sp³-hybridized carbons (Fsp3) is 1.00. The fourth-order valence-corrected chi connectivity index (χ4v) is 1.16. The van der Waals surface area contributed by atoms with Crippen molar-refractivity contribution in [2.24, 2.45) is 11.7 Å². The number of ether oxygens (including phenoxy) is 1. The Bertz CT molecular complexity index is 149. The van der Waals surface area contributed by atoms with Gasteiger partial charge >= 0.3 is 0 Å². The topological polar surface area (TPSA) is 35.2 Å². The predicted octanol–water partition coefficient (Wildman–Crippen LogP) is 1.79. The van der Waals surface area contributed by atoms with Crippen molar-refractivity contribution in [1.82, 2.24) is 0 Å². The summed E-state index contributed by atoms with van der Waals surface area (Å²) in [6, 6.07) is 0. The smallest absolute Gasteiger partial charge is 0.282 e. The number of nitrogens with two attached hydrogens (primary N) is 1. The lowest BCUT2D eigenvalue weighted by molar-refractivity contribution is -0.0699. The van der Waals surface area contributed by atoms with Gasteiger partial charge < -0.3 is 10.5 Å². The molecule has 4 heteroatoms. The summed E-state index contributed by atoms with van der Waals surface area (Å²) in [7, 11) is 0. The second kappa shape index (κ2) is 4.86. The average molecular weight is 193 g/mol. The summed E-state index contributed by atoms with van der Waals surface area (Å²) in [6.07, 6.45) is 4.62. The van der Waals surface area contributed by atoms with E-state index in [1.54, 1.807) is 0 Å². The van der Waals surface area contributed by atoms with Gasteiger partial charge in [0.25, 0.3) is 5.92 Å². The number of alkyl halides is 2. The van der Waals surface area contributed by atoms with Crippen LogP contribution >= 0.6 is 0 Å². The molecule has 0 aromatic carbocycles. The molecular formula is C9H17F2NO. The van der Waals surface area contributed by atoms with Crippen molar-refractivity contribution in [3.8, 4) is 0 Å². The maximum atomic E-state index is 12.5. The molecule has 13 heavy (non-hydrogen) atoms. The van der Waals surface area contributed by atoms with Crippen molar-refractivity contribution in [1.29, 1.82) is 0 Å². The van der Waals surface area contributed by atoms with Crippen LogP contribution in [0.2, 0.25) is 0 Å². The molecule has 0 bridgehead atoms. The van der Waals surface area contributed by atoms with Crippen LogP contribution in [0.4, 0.5) is 8.78 Å². The van der Waals surface area contributed by atoms with E-state index in [9.17, 15) is 8.78 Å². The van der Waals surface area contributed by atoms with Crippen LogP contribution in [0.5, 0.6) is 0 Å². The molecular weight excluding hydrogens is 176 g/mol. The molecule has 0 spiro atoms. The molecule has 0 unspecified atom stereocenters. The van der Waals surface area contributed by atoms with E-state index < -0.39 is 19.1 Å². The highest BCUT2D eigenvalue weighted by Crippen LogP contribution is 2.33. The van der Waals surface area contributed by atoms with E-state index in [-0.39, 0.29) is 0 Å². The molecule has 0 amide bonds. The summed E-state index contributed by atoms with van der Waals surface area (Å²) in [4.78, 5) is 0. The largest absolute Gasteiger partial charge is 0.375 e. The molecule has 0 aromatic rings. The van der Waals surface area contributed by atoms with Crippen LogP contribution in [0, 0.1) is 5.92 Å². The Labute approximate surface area is 77.4 Å². The van der Waals surface area contributed by atoms with Gasteiger partial charge in [0, 0.05) is 6.61 Å². The summed E-state index contributed by atoms with van der Waals surface area (Å²) in [5.74, 6) is -2.00. The van der Waals surface area contributed by atoms with Gasteiger partial charge in [0.2, 0.25) is 0 Å². The van der Waals surface area contributed by atoms with E-state index in [2.05, 4.69) is 0 Å². The van der Waals surface area contributed by atoms with Gasteiger partial charge in [-0.2, -0.15) is 0 Å². The first-order chi connectivity index (χ1) is 6.14. The third kappa shape index (κ3) is 5.16. The summed E-state index contributed by atoms with van der Waals surface area (Å²) in [6.45, 7) is -0.726. The van der Waals surface area contributed by atoms with Crippen molar-refractivity contribution in [3.63, 3.8) is 0 Å². The molecule has 2 nitrogen and oxygen atoms in total. The summed E-state index contributed by atoms with van der Waals surface area (Å²) < 4.78 is 29.8. The van der Waals surface area contributed by atoms with Crippen LogP contribution in [-0.2, 0) is 4.74 Å². The van der Waals surface area contributed by atoms with Gasteiger partial charge in [-0.1, -0.05) is 12.8 Å². The zero-order valence-electron chi connectivity index (χ0n) is 7.77. The van der Waals surface area contributed by atoms with Gasteiger partial charge in [0.1, 0.15) is 6.61 Å². The second-order valence-corrected chi connectivity index (χ2v) is 3.70. The lowest BCUT2D eigenvalue weighted by atomic mass is 10.2. The maximum Gasteiger partial charge on any atom is 0.282 e. The standard InChI is InChI=1S/C9H17F2NO/c10-9(11,6-12)7-13-5-1-2-8-3-4-8/h8H,1-7,12H2. The molecule has 1 aliphatic rings. The molecule has 0 atom stereocenters. The number of rotatable bonds is 7. The molecule has 1 rings (SSSR count). The Balaban J connectivity index is 1.87. The predicted molar refractivity (Wildman–Crippen MR) is 46.8 cm³/mol. The van der Waals surface area contributed by atoms with E-state index in [0.29, 0.717) is 6.61 Å². The average Bonchev–Trinajstić information content (AvgIpc) is 2.87. The second-order valence-electron chi connectivity index (χ2n) is 3.70. The van der Waals surface area contributed by atoms with Gasteiger partial charge in [-0.25, -0.2) is 8.78 Å². The van der Waals surface area contributed by atoms with Crippen LogP contribution < -0.4 is 5.73 Å². The van der Waals surface area contributed by atoms with Crippen molar-refractivity contribution >= 4 is 0 Å². The van der Waals surface area contributed by atoms with Crippen LogP contribution in [0.1, 0.15) is 25.7 Å². The number of hydrogen-bond acceptors (Lipinski definition) is 2. The van der Waals surface area contributed by atoms with Crippen LogP contribution in [0.15, 0.2) is 0 Å². The molecule has 2 N–H and O–H groups in total. The summed E-state index contributed by atoms with van der Waals surface area (Å²) >= 11 is 0. The van der Waals surface area contributed by atoms with Crippen molar-refractivity contribution < 1.29 is 13.5 Å². The molecule has 1 aliphatic carbocycles. The zero-order chi connectivity index (χ0) is 9.73. The summed E-state index contributed by atoms with van der Waals surface area (Å²) in [5.41, 5.74) is 4.85. The molecule has 0 heterocycles. The minimum atomic E-state index is -2.85. The Morgan fingerprint density at radius 3 is 2.62 bits per heavy atom. The molecule has 0 aromatic heterocycles. The monoisotopic (exact) mass is 193 g/mol. The Hall–Kier alpha value is -0.220. The highest BCUT2D eigenvalue weighted by Gasteiger charge is 2.27. The quantitative estimate of drug-likeness (QED) is 0.625. The van der Waals surface area contributed by atoms with Gasteiger partial charge in [-0.05, 0) is 18.8 Å². The Morgan fingerprint density at radius 2 is 2.08 bits per heavy atom. The lowest BCUT2D eigenvalue weighted by Gasteiger charge is -2.13. The number of halogens is 2. The zero-order valence-corrected chi connectivity index (χ0v) is 7.77. The third-order valence-electron chi connectivity index (χ3n) is 2.21. The molecule has 1 saturated carbocycles. The van der Waals surface area contributed by atoms with Crippen LogP contribution in [0.3, 0.4) is 0 Å². The first-order valence-corrected chi connectivity index (χ1v) is 4.80. The van der Waals surface area contributed by atoms with Crippen LogP contribution in [0.25, 0.3) is 0 Å². The normalized spacial score (nSPS) is 17.8. The highest BCUT2D eigenvalue weighted by atomic mass is 19.3. The first-order valence-electron chi connectivity index (χ1n) is 4.80. The van der Waals surface area contributed by atoms with Crippen molar-refractivity contribution in [3.05, 3.63) is 0 Å². The van der Waals surface area contributed by atoms with E-state index in [1.165, 1.54) is 12.8 Å². The van der Waals surface area contributed by atoms with Gasteiger partial charge in [0.05, 0.1) is 6.54 Å². The fourth-order valence-electron chi connectivity index (χ4n) is 1.16. The third-order valence-corrected chi connectivity index (χ3v) is 2.21. The minimum Gasteiger partial charge on any atom is -0.375 e. The first kappa shape index (κ1) is 10.9. The highest BCUT2D eigenvalue weighted by molar-refractivity contribution is 4.72. The molecule has 0 aliphatic heterocycles. The molecule has 1 fully saturated rings. The molecule has 78 valence electrons. The van der Waals surface area contributed by atoms with E-state index >= 15 is 0 Å². The van der Waals surface area contributed by atoms with E-state index in [4.69, 9.17) is 10.5 Å². The lowest BCUT2D eigenvalue weighted by Crippen LogP contribution is -2.33. The van der Waals surface area contributed by atoms with Gasteiger partial charge in [-0.15, -0.1) is 0 Å². The van der Waals surface area contributed by atoms with Crippen molar-refractivity contribution in [2.45, 2.75) is 31.6 Å². The minimum absolute atomic E-state index is 0.437. The Morgan fingerprint density at radius 1 is 1.38 bits per heavy atom. The van der Waals surface area contributed by atoms with E-state index in [0.717, 1.165) is 18.8 Å². The van der Waals surface area contributed by atoms with Gasteiger partial charge in [0.15, 0.2) is 0 Å². The molecule has 0 saturated heterocycles. The van der Waals surface area contributed by atoms with E-state index in [1.807, 2.05) is 0 Å². The molecule has 0 radical (unpaired) electrons. The Kier molecular flexibility index (Phi) is 4.06. The van der Waals surface area contributed by atoms with Crippen LogP contribution in [-0.4, -0.2) is 25.7 Å². The summed E-state index contributed by atoms with van der Waals surface area (Å²) in [5, 5.41) is 0. The SMILES string of the molecule is NCC(F)(F)COCCCC1CC1.